The maximum Gasteiger partial charge on any atom is 0.129 e. The topological polar surface area (TPSA) is 12.0 Å². The van der Waals surface area contributed by atoms with Crippen molar-refractivity contribution in [2.45, 2.75) is 19.9 Å². The second-order valence-corrected chi connectivity index (χ2v) is 7.28. The van der Waals surface area contributed by atoms with Crippen molar-refractivity contribution in [3.8, 4) is 0 Å². The Kier molecular flexibility index (Phi) is 5.17. The van der Waals surface area contributed by atoms with Gasteiger partial charge in [-0.1, -0.05) is 28.9 Å². The molecule has 1 aromatic heterocycles. The van der Waals surface area contributed by atoms with Crippen LogP contribution in [0.25, 0.3) is 0 Å². The van der Waals surface area contributed by atoms with Crippen molar-refractivity contribution >= 4 is 43.2 Å². The summed E-state index contributed by atoms with van der Waals surface area (Å²) in [5.41, 5.74) is 0.674. The summed E-state index contributed by atoms with van der Waals surface area (Å²) in [6.45, 7) is 4.86. The van der Waals surface area contributed by atoms with Crippen LogP contribution < -0.4 is 5.32 Å². The quantitative estimate of drug-likeness (QED) is 0.714. The van der Waals surface area contributed by atoms with E-state index in [9.17, 15) is 4.39 Å². The van der Waals surface area contributed by atoms with Gasteiger partial charge in [-0.15, -0.1) is 11.3 Å². The molecule has 0 bridgehead atoms. The van der Waals surface area contributed by atoms with E-state index in [0.29, 0.717) is 5.56 Å². The van der Waals surface area contributed by atoms with E-state index in [4.69, 9.17) is 0 Å². The summed E-state index contributed by atoms with van der Waals surface area (Å²) in [4.78, 5) is 2.32. The van der Waals surface area contributed by atoms with Crippen LogP contribution in [0.3, 0.4) is 0 Å². The largest absolute Gasteiger partial charge is 0.306 e. The molecule has 0 amide bonds. The van der Waals surface area contributed by atoms with Crippen LogP contribution in [0.2, 0.25) is 0 Å². The summed E-state index contributed by atoms with van der Waals surface area (Å²) >= 11 is 8.54. The lowest BCUT2D eigenvalue weighted by atomic mass is 10.0. The van der Waals surface area contributed by atoms with Gasteiger partial charge in [0, 0.05) is 24.3 Å². The fourth-order valence-electron chi connectivity index (χ4n) is 1.98. The highest BCUT2D eigenvalue weighted by Gasteiger charge is 2.21. The highest BCUT2D eigenvalue weighted by Crippen LogP contribution is 2.36. The number of nitrogens with one attached hydrogen (secondary N) is 1. The lowest BCUT2D eigenvalue weighted by molar-refractivity contribution is 0.562. The van der Waals surface area contributed by atoms with E-state index in [2.05, 4.69) is 50.2 Å². The molecular formula is C14H14Br2FNS. The molecule has 1 N–H and O–H groups in total. The van der Waals surface area contributed by atoms with Crippen molar-refractivity contribution in [1.82, 2.24) is 5.32 Å². The molecule has 1 nitrogen and oxygen atoms in total. The van der Waals surface area contributed by atoms with Crippen LogP contribution in [0, 0.1) is 12.7 Å². The third-order valence-corrected chi connectivity index (χ3v) is 5.31. The number of hydrogen-bond acceptors (Lipinski definition) is 2. The van der Waals surface area contributed by atoms with Gasteiger partial charge in [0.15, 0.2) is 0 Å². The summed E-state index contributed by atoms with van der Waals surface area (Å²) in [6.07, 6.45) is 0. The molecule has 0 fully saturated rings. The van der Waals surface area contributed by atoms with Crippen LogP contribution in [0.5, 0.6) is 0 Å². The molecular weight excluding hydrogens is 393 g/mol. The van der Waals surface area contributed by atoms with Crippen molar-refractivity contribution in [3.63, 3.8) is 0 Å². The molecule has 19 heavy (non-hydrogen) atoms. The van der Waals surface area contributed by atoms with Crippen LogP contribution >= 0.6 is 43.2 Å². The first kappa shape index (κ1) is 15.2. The van der Waals surface area contributed by atoms with Crippen molar-refractivity contribution in [3.05, 3.63) is 54.3 Å². The first-order chi connectivity index (χ1) is 9.02. The monoisotopic (exact) mass is 405 g/mol. The number of halogens is 3. The van der Waals surface area contributed by atoms with Crippen LogP contribution in [-0.2, 0) is 0 Å². The van der Waals surface area contributed by atoms with Crippen molar-refractivity contribution < 1.29 is 4.39 Å². The highest BCUT2D eigenvalue weighted by molar-refractivity contribution is 9.10. The van der Waals surface area contributed by atoms with Crippen LogP contribution in [0.15, 0.2) is 33.2 Å². The molecule has 1 unspecified atom stereocenters. The number of rotatable bonds is 4. The molecule has 2 aromatic rings. The van der Waals surface area contributed by atoms with Gasteiger partial charge in [-0.25, -0.2) is 4.39 Å². The molecule has 0 saturated carbocycles. The average molecular weight is 407 g/mol. The van der Waals surface area contributed by atoms with Crippen LogP contribution in [0.1, 0.15) is 28.3 Å². The molecule has 1 heterocycles. The van der Waals surface area contributed by atoms with Gasteiger partial charge in [0.25, 0.3) is 0 Å². The molecule has 1 atom stereocenters. The van der Waals surface area contributed by atoms with E-state index in [1.165, 1.54) is 10.9 Å². The Labute approximate surface area is 133 Å². The Hall–Kier alpha value is -0.230. The molecule has 0 aliphatic rings. The van der Waals surface area contributed by atoms with E-state index in [0.717, 1.165) is 20.4 Å². The first-order valence-electron chi connectivity index (χ1n) is 5.97. The van der Waals surface area contributed by atoms with Gasteiger partial charge < -0.3 is 5.32 Å². The Bertz CT molecular complexity index is 583. The third-order valence-electron chi connectivity index (χ3n) is 2.78. The normalized spacial score (nSPS) is 12.7. The second kappa shape index (κ2) is 6.48. The van der Waals surface area contributed by atoms with Gasteiger partial charge in [0.05, 0.1) is 6.04 Å². The number of thiophene rings is 1. The van der Waals surface area contributed by atoms with Gasteiger partial charge in [0.1, 0.15) is 5.82 Å². The molecule has 0 saturated heterocycles. The SMILES string of the molecule is CCNC(c1ccc(Br)cc1F)c1sc(C)cc1Br. The Morgan fingerprint density at radius 2 is 2.05 bits per heavy atom. The molecule has 0 spiro atoms. The van der Waals surface area contributed by atoms with E-state index in [-0.39, 0.29) is 11.9 Å². The van der Waals surface area contributed by atoms with Crippen LogP contribution in [0.4, 0.5) is 4.39 Å². The second-order valence-electron chi connectivity index (χ2n) is 4.23. The van der Waals surface area contributed by atoms with Crippen molar-refractivity contribution in [1.29, 1.82) is 0 Å². The zero-order valence-corrected chi connectivity index (χ0v) is 14.6. The number of aryl methyl sites for hydroxylation is 1. The van der Waals surface area contributed by atoms with Gasteiger partial charge in [-0.3, -0.25) is 0 Å². The smallest absolute Gasteiger partial charge is 0.129 e. The number of benzene rings is 1. The summed E-state index contributed by atoms with van der Waals surface area (Å²) in [5, 5.41) is 3.35. The molecule has 2 rings (SSSR count). The van der Waals surface area contributed by atoms with E-state index in [1.807, 2.05) is 19.1 Å². The molecule has 0 aliphatic heterocycles. The van der Waals surface area contributed by atoms with Gasteiger partial charge in [-0.2, -0.15) is 0 Å². The summed E-state index contributed by atoms with van der Waals surface area (Å²) < 4.78 is 16.0. The Balaban J connectivity index is 2.48. The summed E-state index contributed by atoms with van der Waals surface area (Å²) in [7, 11) is 0. The van der Waals surface area contributed by atoms with Gasteiger partial charge in [-0.05, 0) is 47.6 Å². The van der Waals surface area contributed by atoms with Crippen molar-refractivity contribution in [2.75, 3.05) is 6.54 Å². The lowest BCUT2D eigenvalue weighted by Gasteiger charge is -2.18. The maximum atomic E-state index is 14.2. The maximum absolute atomic E-state index is 14.2. The van der Waals surface area contributed by atoms with E-state index in [1.54, 1.807) is 11.3 Å². The zero-order valence-electron chi connectivity index (χ0n) is 10.6. The predicted molar refractivity (Wildman–Crippen MR) is 86.4 cm³/mol. The Morgan fingerprint density at radius 1 is 1.32 bits per heavy atom. The molecule has 102 valence electrons. The summed E-state index contributed by atoms with van der Waals surface area (Å²) in [5.74, 6) is -0.196. The lowest BCUT2D eigenvalue weighted by Crippen LogP contribution is -2.22. The minimum atomic E-state index is -0.196. The molecule has 1 aromatic carbocycles. The number of hydrogen-bond donors (Lipinski definition) is 1. The standard InChI is InChI=1S/C14H14Br2FNS/c1-3-18-13(14-11(16)6-8(2)19-14)10-5-4-9(15)7-12(10)17/h4-7,13,18H,3H2,1-2H3. The average Bonchev–Trinajstić information content (AvgIpc) is 2.66. The predicted octanol–water partition coefficient (Wildman–Crippen LogP) is 5.42. The van der Waals surface area contributed by atoms with E-state index < -0.39 is 0 Å². The fourth-order valence-corrected chi connectivity index (χ4v) is 4.29. The summed E-state index contributed by atoms with van der Waals surface area (Å²) in [6, 6.07) is 7.16. The van der Waals surface area contributed by atoms with Gasteiger partial charge in [0.2, 0.25) is 0 Å². The van der Waals surface area contributed by atoms with Crippen LogP contribution in [-0.4, -0.2) is 6.54 Å². The van der Waals surface area contributed by atoms with Gasteiger partial charge >= 0.3 is 0 Å². The third kappa shape index (κ3) is 3.45. The molecule has 0 radical (unpaired) electrons. The Morgan fingerprint density at radius 3 is 2.58 bits per heavy atom. The molecule has 5 heteroatoms. The molecule has 0 aliphatic carbocycles. The minimum absolute atomic E-state index is 0.119. The zero-order chi connectivity index (χ0) is 14.0. The van der Waals surface area contributed by atoms with E-state index >= 15 is 0 Å². The fraction of sp³-hybridized carbons (Fsp3) is 0.286. The first-order valence-corrected chi connectivity index (χ1v) is 8.37. The van der Waals surface area contributed by atoms with Crippen molar-refractivity contribution in [2.24, 2.45) is 0 Å². The highest BCUT2D eigenvalue weighted by atomic mass is 79.9. The minimum Gasteiger partial charge on any atom is -0.306 e.